The number of halogens is 2. The molecule has 2 aromatic heterocycles. The second-order valence-electron chi connectivity index (χ2n) is 2.03. The molecule has 0 aromatic carbocycles. The summed E-state index contributed by atoms with van der Waals surface area (Å²) in [4.78, 5) is 3.92. The van der Waals surface area contributed by atoms with Crippen LogP contribution in [0.4, 0.5) is 0 Å². The molecule has 0 bridgehead atoms. The Balaban J connectivity index is 2.87. The third kappa shape index (κ3) is 0.981. The standard InChI is InChI=1S/C5HCl2N3O2/c6-2-1-3-5(8-4(2)7)9-12-10(3)11/h1H. The van der Waals surface area contributed by atoms with Crippen molar-refractivity contribution >= 4 is 34.4 Å². The first kappa shape index (κ1) is 7.57. The maximum atomic E-state index is 10.8. The predicted octanol–water partition coefficient (Wildman–Crippen LogP) is 1.16. The highest BCUT2D eigenvalue weighted by Gasteiger charge is 2.13. The van der Waals surface area contributed by atoms with E-state index in [4.69, 9.17) is 23.2 Å². The Hall–Kier alpha value is -1.07. The van der Waals surface area contributed by atoms with Crippen LogP contribution in [0.2, 0.25) is 10.2 Å². The van der Waals surface area contributed by atoms with E-state index in [1.165, 1.54) is 6.07 Å². The normalized spacial score (nSPS) is 10.8. The fourth-order valence-electron chi connectivity index (χ4n) is 0.769. The topological polar surface area (TPSA) is 65.9 Å². The number of fused-ring (bicyclic) bond motifs is 1. The third-order valence-corrected chi connectivity index (χ3v) is 1.96. The zero-order valence-corrected chi connectivity index (χ0v) is 7.00. The quantitative estimate of drug-likeness (QED) is 0.479. The molecule has 0 radical (unpaired) electrons. The number of hydrogen-bond donors (Lipinski definition) is 0. The molecular formula is C5HCl2N3O2. The molecule has 0 saturated heterocycles. The molecule has 2 heterocycles. The van der Waals surface area contributed by atoms with Crippen molar-refractivity contribution in [2.24, 2.45) is 0 Å². The number of pyridine rings is 1. The minimum Gasteiger partial charge on any atom is -0.359 e. The first-order chi connectivity index (χ1) is 5.68. The van der Waals surface area contributed by atoms with E-state index in [1.807, 2.05) is 0 Å². The Bertz CT molecular complexity index is 441. The zero-order chi connectivity index (χ0) is 8.72. The van der Waals surface area contributed by atoms with Crippen molar-refractivity contribution < 1.29 is 9.53 Å². The van der Waals surface area contributed by atoms with Crippen LogP contribution in [0.3, 0.4) is 0 Å². The first-order valence-electron chi connectivity index (χ1n) is 2.90. The molecular weight excluding hydrogens is 205 g/mol. The van der Waals surface area contributed by atoms with Crippen molar-refractivity contribution in [3.8, 4) is 0 Å². The molecule has 12 heavy (non-hydrogen) atoms. The first-order valence-corrected chi connectivity index (χ1v) is 3.65. The van der Waals surface area contributed by atoms with Gasteiger partial charge in [0.2, 0.25) is 5.52 Å². The molecule has 0 fully saturated rings. The van der Waals surface area contributed by atoms with Crippen LogP contribution in [0.25, 0.3) is 11.2 Å². The van der Waals surface area contributed by atoms with E-state index in [0.717, 1.165) is 0 Å². The molecule has 5 nitrogen and oxygen atoms in total. The molecule has 2 aromatic rings. The monoisotopic (exact) mass is 205 g/mol. The van der Waals surface area contributed by atoms with Crippen LogP contribution in [0.5, 0.6) is 0 Å². The minimum atomic E-state index is 0.0954. The highest BCUT2D eigenvalue weighted by Crippen LogP contribution is 2.21. The molecule has 0 aliphatic heterocycles. The van der Waals surface area contributed by atoms with Crippen molar-refractivity contribution in [2.75, 3.05) is 0 Å². The summed E-state index contributed by atoms with van der Waals surface area (Å²) in [6.07, 6.45) is 0. The molecule has 0 atom stereocenters. The number of aromatic nitrogens is 3. The van der Waals surface area contributed by atoms with Gasteiger partial charge in [-0.1, -0.05) is 23.2 Å². The molecule has 0 N–H and O–H groups in total. The van der Waals surface area contributed by atoms with Gasteiger partial charge in [0.1, 0.15) is 0 Å². The molecule has 62 valence electrons. The van der Waals surface area contributed by atoms with Crippen molar-refractivity contribution in [2.45, 2.75) is 0 Å². The second-order valence-corrected chi connectivity index (χ2v) is 2.80. The Labute approximate surface area is 76.0 Å². The van der Waals surface area contributed by atoms with Gasteiger partial charge >= 0.3 is 5.65 Å². The van der Waals surface area contributed by atoms with E-state index in [1.54, 1.807) is 0 Å². The van der Waals surface area contributed by atoms with Gasteiger partial charge in [0.15, 0.2) is 5.15 Å². The maximum absolute atomic E-state index is 10.8. The number of hydrogen-bond acceptors (Lipinski definition) is 4. The van der Waals surface area contributed by atoms with Crippen LogP contribution >= 0.6 is 23.2 Å². The van der Waals surface area contributed by atoms with Gasteiger partial charge in [0.05, 0.1) is 10.2 Å². The largest absolute Gasteiger partial charge is 0.359 e. The fraction of sp³-hybridized carbons (Fsp3) is 0. The van der Waals surface area contributed by atoms with E-state index in [-0.39, 0.29) is 26.2 Å². The van der Waals surface area contributed by atoms with E-state index >= 15 is 0 Å². The van der Waals surface area contributed by atoms with E-state index < -0.39 is 0 Å². The molecule has 0 aliphatic carbocycles. The lowest BCUT2D eigenvalue weighted by Crippen LogP contribution is -2.22. The van der Waals surface area contributed by atoms with Crippen LogP contribution in [-0.2, 0) is 0 Å². The summed E-state index contributed by atoms with van der Waals surface area (Å²) in [5, 5.41) is 14.4. The molecule has 0 saturated carbocycles. The van der Waals surface area contributed by atoms with Gasteiger partial charge in [0.25, 0.3) is 0 Å². The van der Waals surface area contributed by atoms with Gasteiger partial charge in [0, 0.05) is 6.07 Å². The SMILES string of the molecule is [O-][n+]1onc2nc(Cl)c(Cl)cc21. The number of nitrogens with zero attached hydrogens (tertiary/aromatic N) is 3. The Morgan fingerprint density at radius 1 is 1.50 bits per heavy atom. The van der Waals surface area contributed by atoms with E-state index in [0.29, 0.717) is 0 Å². The molecule has 7 heteroatoms. The summed E-state index contributed by atoms with van der Waals surface area (Å²) in [6, 6.07) is 1.34. The second kappa shape index (κ2) is 2.46. The molecule has 2 rings (SSSR count). The number of rotatable bonds is 0. The average Bonchev–Trinajstić information content (AvgIpc) is 2.35. The highest BCUT2D eigenvalue weighted by atomic mass is 35.5. The lowest BCUT2D eigenvalue weighted by atomic mass is 10.4. The summed E-state index contributed by atoms with van der Waals surface area (Å²) in [6.45, 7) is 0. The summed E-state index contributed by atoms with van der Waals surface area (Å²) < 4.78 is 4.26. The van der Waals surface area contributed by atoms with Gasteiger partial charge < -0.3 is 5.21 Å². The fourth-order valence-corrected chi connectivity index (χ4v) is 1.05. The van der Waals surface area contributed by atoms with Gasteiger partial charge in [-0.2, -0.15) is 4.98 Å². The Kier molecular flexibility index (Phi) is 1.55. The van der Waals surface area contributed by atoms with Crippen LogP contribution < -0.4 is 4.90 Å². The Morgan fingerprint density at radius 3 is 3.00 bits per heavy atom. The molecule has 0 spiro atoms. The predicted molar refractivity (Wildman–Crippen MR) is 40.8 cm³/mol. The van der Waals surface area contributed by atoms with Crippen LogP contribution in [-0.4, -0.2) is 10.1 Å². The summed E-state index contributed by atoms with van der Waals surface area (Å²) in [5.74, 6) is 0. The summed E-state index contributed by atoms with van der Waals surface area (Å²) in [7, 11) is 0. The smallest absolute Gasteiger partial charge is 0.342 e. The lowest BCUT2D eigenvalue weighted by Gasteiger charge is -1.89. The van der Waals surface area contributed by atoms with Gasteiger partial charge in [-0.05, 0) is 4.90 Å². The van der Waals surface area contributed by atoms with Gasteiger partial charge in [-0.3, -0.25) is 4.63 Å². The van der Waals surface area contributed by atoms with Gasteiger partial charge in [-0.15, -0.1) is 0 Å². The van der Waals surface area contributed by atoms with E-state index in [9.17, 15) is 5.21 Å². The van der Waals surface area contributed by atoms with Crippen molar-refractivity contribution in [1.29, 1.82) is 0 Å². The Morgan fingerprint density at radius 2 is 2.25 bits per heavy atom. The minimum absolute atomic E-state index is 0.0954. The summed E-state index contributed by atoms with van der Waals surface area (Å²) >= 11 is 11.2. The van der Waals surface area contributed by atoms with Crippen molar-refractivity contribution in [3.05, 3.63) is 21.4 Å². The lowest BCUT2D eigenvalue weighted by molar-refractivity contribution is -0.782. The van der Waals surface area contributed by atoms with Crippen molar-refractivity contribution in [3.63, 3.8) is 0 Å². The molecule has 0 amide bonds. The van der Waals surface area contributed by atoms with Crippen LogP contribution in [0.15, 0.2) is 10.7 Å². The third-order valence-electron chi connectivity index (χ3n) is 1.29. The summed E-state index contributed by atoms with van der Waals surface area (Å²) in [5.41, 5.74) is 0.295. The molecule has 0 unspecified atom stereocenters. The van der Waals surface area contributed by atoms with E-state index in [2.05, 4.69) is 14.8 Å². The van der Waals surface area contributed by atoms with Crippen LogP contribution in [0.1, 0.15) is 0 Å². The molecule has 0 aliphatic rings. The zero-order valence-electron chi connectivity index (χ0n) is 5.49. The van der Waals surface area contributed by atoms with Crippen LogP contribution in [0, 0.1) is 5.21 Å². The van der Waals surface area contributed by atoms with Crippen molar-refractivity contribution in [1.82, 2.24) is 10.1 Å². The highest BCUT2D eigenvalue weighted by molar-refractivity contribution is 6.41. The average molecular weight is 206 g/mol. The maximum Gasteiger partial charge on any atom is 0.342 e. The van der Waals surface area contributed by atoms with Gasteiger partial charge in [-0.25, -0.2) is 0 Å².